The molecule has 2 amide bonds. The molecule has 0 aliphatic carbocycles. The zero-order chi connectivity index (χ0) is 17.4. The van der Waals surface area contributed by atoms with Gasteiger partial charge < -0.3 is 5.73 Å². The van der Waals surface area contributed by atoms with Gasteiger partial charge in [0.15, 0.2) is 0 Å². The number of fused-ring (bicyclic) bond motifs is 1. The van der Waals surface area contributed by atoms with Crippen molar-refractivity contribution < 1.29 is 14.5 Å². The minimum Gasteiger partial charge on any atom is -0.368 e. The fourth-order valence-electron chi connectivity index (χ4n) is 2.79. The van der Waals surface area contributed by atoms with Crippen LogP contribution in [-0.2, 0) is 11.2 Å². The maximum absolute atomic E-state index is 12.9. The zero-order valence-electron chi connectivity index (χ0n) is 12.3. The molecule has 3 rings (SSSR count). The van der Waals surface area contributed by atoms with Crippen molar-refractivity contribution in [1.82, 2.24) is 0 Å². The normalized spacial score (nSPS) is 15.9. The number of hydrogen-bond donors (Lipinski definition) is 1. The Morgan fingerprint density at radius 2 is 1.96 bits per heavy atom. The number of nitro benzene ring substituents is 1. The molecule has 122 valence electrons. The van der Waals surface area contributed by atoms with Crippen molar-refractivity contribution in [1.29, 1.82) is 0 Å². The SMILES string of the molecule is NC(=O)C1Cc2ccccc2N1C(=O)c1ccc(Cl)c([N+](=O)[O-])c1. The number of nitrogens with zero attached hydrogens (tertiary/aromatic N) is 2. The average Bonchev–Trinajstić information content (AvgIpc) is 2.94. The van der Waals surface area contributed by atoms with Gasteiger partial charge in [-0.1, -0.05) is 29.8 Å². The lowest BCUT2D eigenvalue weighted by atomic mass is 10.1. The van der Waals surface area contributed by atoms with Crippen LogP contribution in [0.15, 0.2) is 42.5 Å². The predicted molar refractivity (Wildman–Crippen MR) is 88.0 cm³/mol. The second-order valence-electron chi connectivity index (χ2n) is 5.35. The van der Waals surface area contributed by atoms with Gasteiger partial charge in [-0.3, -0.25) is 24.6 Å². The third-order valence-electron chi connectivity index (χ3n) is 3.91. The highest BCUT2D eigenvalue weighted by atomic mass is 35.5. The summed E-state index contributed by atoms with van der Waals surface area (Å²) in [7, 11) is 0. The van der Waals surface area contributed by atoms with E-state index in [1.807, 2.05) is 6.07 Å². The zero-order valence-corrected chi connectivity index (χ0v) is 13.1. The minimum absolute atomic E-state index is 0.0639. The van der Waals surface area contributed by atoms with E-state index in [1.165, 1.54) is 17.0 Å². The summed E-state index contributed by atoms with van der Waals surface area (Å²) >= 11 is 5.78. The average molecular weight is 346 g/mol. The summed E-state index contributed by atoms with van der Waals surface area (Å²) in [6.45, 7) is 0. The molecule has 0 bridgehead atoms. The largest absolute Gasteiger partial charge is 0.368 e. The molecule has 7 nitrogen and oxygen atoms in total. The van der Waals surface area contributed by atoms with Crippen molar-refractivity contribution in [2.45, 2.75) is 12.5 Å². The standard InChI is InChI=1S/C16H12ClN3O4/c17-11-6-5-10(8-13(11)20(23)24)16(22)19-12-4-2-1-3-9(12)7-14(19)15(18)21/h1-6,8,14H,7H2,(H2,18,21). The Balaban J connectivity index is 2.06. The Kier molecular flexibility index (Phi) is 3.94. The van der Waals surface area contributed by atoms with Crippen LogP contribution in [0.1, 0.15) is 15.9 Å². The van der Waals surface area contributed by atoms with E-state index in [9.17, 15) is 19.7 Å². The lowest BCUT2D eigenvalue weighted by molar-refractivity contribution is -0.384. The first-order chi connectivity index (χ1) is 11.4. The van der Waals surface area contributed by atoms with Gasteiger partial charge in [0.25, 0.3) is 11.6 Å². The van der Waals surface area contributed by atoms with Crippen molar-refractivity contribution in [3.05, 3.63) is 68.7 Å². The smallest absolute Gasteiger partial charge is 0.288 e. The number of carbonyl (C=O) groups is 2. The number of nitrogens with two attached hydrogens (primary N) is 1. The number of hydrogen-bond acceptors (Lipinski definition) is 4. The van der Waals surface area contributed by atoms with Gasteiger partial charge in [-0.05, 0) is 23.8 Å². The van der Waals surface area contributed by atoms with E-state index in [0.29, 0.717) is 12.1 Å². The lowest BCUT2D eigenvalue weighted by Crippen LogP contribution is -2.46. The van der Waals surface area contributed by atoms with E-state index in [-0.39, 0.29) is 16.3 Å². The van der Waals surface area contributed by atoms with Crippen molar-refractivity contribution in [3.63, 3.8) is 0 Å². The summed E-state index contributed by atoms with van der Waals surface area (Å²) in [4.78, 5) is 36.2. The van der Waals surface area contributed by atoms with Gasteiger partial charge in [0.1, 0.15) is 11.1 Å². The van der Waals surface area contributed by atoms with Crippen LogP contribution < -0.4 is 10.6 Å². The molecule has 2 aromatic carbocycles. The van der Waals surface area contributed by atoms with Crippen molar-refractivity contribution in [2.24, 2.45) is 5.73 Å². The van der Waals surface area contributed by atoms with Crippen molar-refractivity contribution in [3.8, 4) is 0 Å². The molecule has 0 fully saturated rings. The number of nitro groups is 1. The maximum Gasteiger partial charge on any atom is 0.288 e. The first-order valence-electron chi connectivity index (χ1n) is 7.05. The van der Waals surface area contributed by atoms with Gasteiger partial charge in [0.2, 0.25) is 5.91 Å². The monoisotopic (exact) mass is 345 g/mol. The van der Waals surface area contributed by atoms with Crippen LogP contribution >= 0.6 is 11.6 Å². The van der Waals surface area contributed by atoms with E-state index in [0.717, 1.165) is 11.6 Å². The Bertz CT molecular complexity index is 868. The molecule has 0 aromatic heterocycles. The predicted octanol–water partition coefficient (Wildman–Crippen LogP) is 2.30. The van der Waals surface area contributed by atoms with Crippen LogP contribution in [0.4, 0.5) is 11.4 Å². The summed E-state index contributed by atoms with van der Waals surface area (Å²) in [6.07, 6.45) is 0.312. The quantitative estimate of drug-likeness (QED) is 0.680. The highest BCUT2D eigenvalue weighted by Crippen LogP contribution is 2.34. The van der Waals surface area contributed by atoms with E-state index in [1.54, 1.807) is 18.2 Å². The highest BCUT2D eigenvalue weighted by Gasteiger charge is 2.37. The summed E-state index contributed by atoms with van der Waals surface area (Å²) in [5.41, 5.74) is 6.51. The van der Waals surface area contributed by atoms with Crippen LogP contribution in [0, 0.1) is 10.1 Å². The number of primary amides is 1. The van der Waals surface area contributed by atoms with E-state index < -0.39 is 22.8 Å². The molecule has 0 spiro atoms. The third kappa shape index (κ3) is 2.59. The first kappa shape index (κ1) is 15.9. The summed E-state index contributed by atoms with van der Waals surface area (Å²) in [5.74, 6) is -1.17. The fraction of sp³-hybridized carbons (Fsp3) is 0.125. The van der Waals surface area contributed by atoms with Gasteiger partial charge in [0.05, 0.1) is 4.92 Å². The summed E-state index contributed by atoms with van der Waals surface area (Å²) in [5, 5.41) is 10.9. The molecular weight excluding hydrogens is 334 g/mol. The fourth-order valence-corrected chi connectivity index (χ4v) is 2.98. The second kappa shape index (κ2) is 5.93. The number of rotatable bonds is 3. The molecule has 8 heteroatoms. The number of amides is 2. The number of halogens is 1. The Hall–Kier alpha value is -2.93. The van der Waals surface area contributed by atoms with Crippen molar-refractivity contribution >= 4 is 34.8 Å². The van der Waals surface area contributed by atoms with Gasteiger partial charge >= 0.3 is 0 Å². The number of carbonyl (C=O) groups excluding carboxylic acids is 2. The van der Waals surface area contributed by atoms with Gasteiger partial charge in [-0.15, -0.1) is 0 Å². The van der Waals surface area contributed by atoms with Gasteiger partial charge in [0, 0.05) is 23.7 Å². The highest BCUT2D eigenvalue weighted by molar-refractivity contribution is 6.32. The number of para-hydroxylation sites is 1. The second-order valence-corrected chi connectivity index (χ2v) is 5.76. The molecule has 2 aromatic rings. The molecular formula is C16H12ClN3O4. The molecule has 1 aliphatic rings. The Labute approximate surface area is 141 Å². The number of benzene rings is 2. The number of anilines is 1. The maximum atomic E-state index is 12.9. The molecule has 24 heavy (non-hydrogen) atoms. The molecule has 1 atom stereocenters. The molecule has 1 aliphatic heterocycles. The van der Waals surface area contributed by atoms with Crippen LogP contribution in [0.5, 0.6) is 0 Å². The van der Waals surface area contributed by atoms with Crippen LogP contribution in [0.2, 0.25) is 5.02 Å². The van der Waals surface area contributed by atoms with Gasteiger partial charge in [-0.25, -0.2) is 0 Å². The Morgan fingerprint density at radius 1 is 1.25 bits per heavy atom. The minimum atomic E-state index is -0.829. The topological polar surface area (TPSA) is 107 Å². The molecule has 2 N–H and O–H groups in total. The molecule has 0 saturated heterocycles. The van der Waals surface area contributed by atoms with Crippen molar-refractivity contribution in [2.75, 3.05) is 4.90 Å². The van der Waals surface area contributed by atoms with Crippen LogP contribution in [-0.4, -0.2) is 22.8 Å². The summed E-state index contributed by atoms with van der Waals surface area (Å²) in [6, 6.07) is 10.0. The molecule has 0 saturated carbocycles. The van der Waals surface area contributed by atoms with Gasteiger partial charge in [-0.2, -0.15) is 0 Å². The molecule has 0 radical (unpaired) electrons. The first-order valence-corrected chi connectivity index (χ1v) is 7.42. The molecule has 1 heterocycles. The lowest BCUT2D eigenvalue weighted by Gasteiger charge is -2.23. The van der Waals surface area contributed by atoms with E-state index in [4.69, 9.17) is 17.3 Å². The molecule has 1 unspecified atom stereocenters. The summed E-state index contributed by atoms with van der Waals surface area (Å²) < 4.78 is 0. The van der Waals surface area contributed by atoms with Crippen LogP contribution in [0.25, 0.3) is 0 Å². The van der Waals surface area contributed by atoms with E-state index in [2.05, 4.69) is 0 Å². The van der Waals surface area contributed by atoms with Crippen LogP contribution in [0.3, 0.4) is 0 Å². The third-order valence-corrected chi connectivity index (χ3v) is 4.23. The Morgan fingerprint density at radius 3 is 2.62 bits per heavy atom. The van der Waals surface area contributed by atoms with E-state index >= 15 is 0 Å².